The van der Waals surface area contributed by atoms with Gasteiger partial charge in [-0.15, -0.1) is 0 Å². The SMILES string of the molecule is C(=C\c1ccc2ccc3ccc(/C=C/c4ccc(N(c5ccccc5)c5ccc(-c6ccc(C(=C(c7ccccc7)c7ccccc7)c7ccccc7)cc6)cc5)cc4)nc3c2n1)/c1ccc(N(c2ccccc2)c2ccc(-c3ccc(C(=C(c4ccccc4)c4ccccc4)c4ccccc4)cc3)cc2)cc1. The van der Waals surface area contributed by atoms with Gasteiger partial charge in [-0.3, -0.25) is 0 Å². The fraction of sp³-hybridized carbons (Fsp3) is 0. The minimum atomic E-state index is 0.855. The third-order valence-corrected chi connectivity index (χ3v) is 19.9. The second-order valence-electron chi connectivity index (χ2n) is 26.8. The molecule has 17 rings (SSSR count). The van der Waals surface area contributed by atoms with Crippen molar-refractivity contribution >= 4 is 103 Å². The van der Waals surface area contributed by atoms with Crippen LogP contribution >= 0.6 is 0 Å². The van der Waals surface area contributed by atoms with Crippen molar-refractivity contribution in [3.05, 3.63) is 492 Å². The van der Waals surface area contributed by atoms with E-state index >= 15 is 0 Å². The molecule has 0 unspecified atom stereocenters. The lowest BCUT2D eigenvalue weighted by Crippen LogP contribution is -2.09. The fourth-order valence-electron chi connectivity index (χ4n) is 14.6. The van der Waals surface area contributed by atoms with Crippen molar-refractivity contribution in [2.24, 2.45) is 0 Å². The van der Waals surface area contributed by atoms with E-state index in [-0.39, 0.29) is 0 Å². The zero-order valence-corrected chi connectivity index (χ0v) is 59.5. The van der Waals surface area contributed by atoms with Gasteiger partial charge < -0.3 is 9.80 Å². The standard InChI is InChI=1S/C104H74N4/c1-9-25-81(26-10-1)99(82-27-11-2-12-28-82)101(85-33-17-5-18-34-85)87-51-47-77(48-52-87)79-59-71-97(72-60-79)107(93-37-21-7-22-38-93)95-67-43-75(44-68-95)41-63-91-65-57-89-55-56-90-58-66-92(106-104(90)103(89)105-91)64-42-76-45-69-96(70-46-76)108(94-39-23-8-24-40-94)98-73-61-80(62-74-98)78-49-53-88(54-50-78)102(86-35-19-6-20-36-86)100(83-29-13-3-14-30-83)84-31-15-4-16-32-84/h1-74H/b63-41+,64-42+. The Bertz CT molecular complexity index is 5570. The lowest BCUT2D eigenvalue weighted by atomic mass is 9.85. The van der Waals surface area contributed by atoms with Crippen LogP contribution in [0.5, 0.6) is 0 Å². The van der Waals surface area contributed by atoms with Gasteiger partial charge in [-0.1, -0.05) is 352 Å². The molecule has 4 nitrogen and oxygen atoms in total. The highest BCUT2D eigenvalue weighted by molar-refractivity contribution is 6.07. The summed E-state index contributed by atoms with van der Waals surface area (Å²) in [5.41, 5.74) is 30.7. The van der Waals surface area contributed by atoms with E-state index in [2.05, 4.69) is 459 Å². The van der Waals surface area contributed by atoms with Crippen LogP contribution in [0.2, 0.25) is 0 Å². The van der Waals surface area contributed by atoms with Gasteiger partial charge in [-0.05, 0) is 197 Å². The van der Waals surface area contributed by atoms with E-state index in [0.29, 0.717) is 0 Å². The number of hydrogen-bond donors (Lipinski definition) is 0. The molecule has 0 bridgehead atoms. The molecule has 108 heavy (non-hydrogen) atoms. The van der Waals surface area contributed by atoms with Crippen LogP contribution in [0.25, 0.3) is 90.7 Å². The molecule has 2 aromatic heterocycles. The monoisotopic (exact) mass is 1380 g/mol. The van der Waals surface area contributed by atoms with Crippen LogP contribution < -0.4 is 9.80 Å². The normalized spacial score (nSPS) is 11.3. The summed E-state index contributed by atoms with van der Waals surface area (Å²) in [6.07, 6.45) is 8.45. The molecule has 0 amide bonds. The first kappa shape index (κ1) is 66.9. The maximum atomic E-state index is 5.23. The molecule has 4 heteroatoms. The summed E-state index contributed by atoms with van der Waals surface area (Å²) >= 11 is 0. The van der Waals surface area contributed by atoms with Gasteiger partial charge in [-0.25, -0.2) is 9.97 Å². The van der Waals surface area contributed by atoms with E-state index in [1.54, 1.807) is 0 Å². The maximum Gasteiger partial charge on any atom is 0.0972 e. The molecule has 0 saturated carbocycles. The third kappa shape index (κ3) is 14.7. The first-order chi connectivity index (χ1) is 53.5. The van der Waals surface area contributed by atoms with E-state index in [1.807, 2.05) is 0 Å². The Morgan fingerprint density at radius 3 is 0.639 bits per heavy atom. The molecule has 0 aliphatic carbocycles. The largest absolute Gasteiger partial charge is 0.311 e. The smallest absolute Gasteiger partial charge is 0.0972 e. The fourth-order valence-corrected chi connectivity index (χ4v) is 14.6. The highest BCUT2D eigenvalue weighted by Gasteiger charge is 2.21. The highest BCUT2D eigenvalue weighted by atomic mass is 15.1. The van der Waals surface area contributed by atoms with Gasteiger partial charge in [0.2, 0.25) is 0 Å². The van der Waals surface area contributed by atoms with E-state index in [1.165, 1.54) is 55.7 Å². The average molecular weight is 1380 g/mol. The summed E-state index contributed by atoms with van der Waals surface area (Å²) in [6.45, 7) is 0. The molecule has 510 valence electrons. The van der Waals surface area contributed by atoms with E-state index in [4.69, 9.17) is 9.97 Å². The Morgan fingerprint density at radius 1 is 0.176 bits per heavy atom. The molecule has 0 saturated heterocycles. The summed E-state index contributed by atoms with van der Waals surface area (Å²) in [6, 6.07) is 152. The second kappa shape index (κ2) is 31.3. The molecule has 0 N–H and O–H groups in total. The van der Waals surface area contributed by atoms with E-state index in [9.17, 15) is 0 Å². The lowest BCUT2D eigenvalue weighted by molar-refractivity contribution is 1.28. The molecule has 17 aromatic rings. The van der Waals surface area contributed by atoms with Crippen molar-refractivity contribution in [2.45, 2.75) is 0 Å². The number of rotatable bonds is 20. The van der Waals surface area contributed by atoms with Crippen LogP contribution in [-0.2, 0) is 0 Å². The van der Waals surface area contributed by atoms with E-state index < -0.39 is 0 Å². The molecule has 0 radical (unpaired) electrons. The molecule has 15 aromatic carbocycles. The third-order valence-electron chi connectivity index (χ3n) is 19.9. The van der Waals surface area contributed by atoms with Gasteiger partial charge in [0.05, 0.1) is 22.4 Å². The van der Waals surface area contributed by atoms with Crippen molar-refractivity contribution in [3.8, 4) is 22.3 Å². The zero-order valence-electron chi connectivity index (χ0n) is 59.5. The van der Waals surface area contributed by atoms with Gasteiger partial charge in [0, 0.05) is 44.9 Å². The number of fused-ring (bicyclic) bond motifs is 3. The van der Waals surface area contributed by atoms with Crippen LogP contribution in [0.1, 0.15) is 67.0 Å². The molecule has 0 fully saturated rings. The van der Waals surface area contributed by atoms with Crippen molar-refractivity contribution in [2.75, 3.05) is 9.80 Å². The maximum absolute atomic E-state index is 5.23. The summed E-state index contributed by atoms with van der Waals surface area (Å²) in [5.74, 6) is 0. The zero-order chi connectivity index (χ0) is 72.2. The molecule has 2 heterocycles. The van der Waals surface area contributed by atoms with Crippen LogP contribution in [0.15, 0.2) is 425 Å². The summed E-state index contributed by atoms with van der Waals surface area (Å²) < 4.78 is 0. The van der Waals surface area contributed by atoms with Gasteiger partial charge in [0.25, 0.3) is 0 Å². The Hall–Kier alpha value is -14.3. The predicted molar refractivity (Wildman–Crippen MR) is 457 cm³/mol. The predicted octanol–water partition coefficient (Wildman–Crippen LogP) is 27.4. The van der Waals surface area contributed by atoms with Crippen LogP contribution in [0.4, 0.5) is 34.1 Å². The van der Waals surface area contributed by atoms with Crippen molar-refractivity contribution < 1.29 is 0 Å². The van der Waals surface area contributed by atoms with Gasteiger partial charge >= 0.3 is 0 Å². The minimum Gasteiger partial charge on any atom is -0.311 e. The summed E-state index contributed by atoms with van der Waals surface area (Å²) in [7, 11) is 0. The number of nitrogens with zero attached hydrogens (tertiary/aromatic N) is 4. The van der Waals surface area contributed by atoms with Gasteiger partial charge in [0.1, 0.15) is 0 Å². The number of benzene rings is 15. The number of pyridine rings is 2. The minimum absolute atomic E-state index is 0.855. The molecular weight excluding hydrogens is 1310 g/mol. The molecule has 0 spiro atoms. The number of aromatic nitrogens is 2. The highest BCUT2D eigenvalue weighted by Crippen LogP contribution is 2.43. The van der Waals surface area contributed by atoms with Gasteiger partial charge in [0.15, 0.2) is 0 Å². The first-order valence-corrected chi connectivity index (χ1v) is 36.8. The first-order valence-electron chi connectivity index (χ1n) is 36.8. The van der Waals surface area contributed by atoms with Crippen LogP contribution in [-0.4, -0.2) is 9.97 Å². The van der Waals surface area contributed by atoms with Crippen LogP contribution in [0, 0.1) is 0 Å². The molecule has 0 aliphatic heterocycles. The number of para-hydroxylation sites is 2. The molecular formula is C104H74N4. The van der Waals surface area contributed by atoms with E-state index in [0.717, 1.165) is 112 Å². The Balaban J connectivity index is 0.587. The van der Waals surface area contributed by atoms with Crippen molar-refractivity contribution in [1.29, 1.82) is 0 Å². The Kier molecular flexibility index (Phi) is 19.4. The molecule has 0 aliphatic rings. The molecule has 0 atom stereocenters. The van der Waals surface area contributed by atoms with Gasteiger partial charge in [-0.2, -0.15) is 0 Å². The summed E-state index contributed by atoms with van der Waals surface area (Å²) in [5, 5.41) is 2.08. The Labute approximate surface area is 632 Å². The van der Waals surface area contributed by atoms with Crippen molar-refractivity contribution in [1.82, 2.24) is 9.97 Å². The van der Waals surface area contributed by atoms with Crippen LogP contribution in [0.3, 0.4) is 0 Å². The summed E-state index contributed by atoms with van der Waals surface area (Å²) in [4.78, 5) is 15.1. The lowest BCUT2D eigenvalue weighted by Gasteiger charge is -2.25. The topological polar surface area (TPSA) is 32.3 Å². The average Bonchev–Trinajstić information content (AvgIpc) is 0.773. The van der Waals surface area contributed by atoms with Crippen molar-refractivity contribution in [3.63, 3.8) is 0 Å². The second-order valence-corrected chi connectivity index (χ2v) is 26.8. The number of anilines is 6. The Morgan fingerprint density at radius 2 is 0.380 bits per heavy atom. The quantitative estimate of drug-likeness (QED) is 0.0562. The number of hydrogen-bond acceptors (Lipinski definition) is 4.